The van der Waals surface area contributed by atoms with Gasteiger partial charge in [0, 0.05) is 24.9 Å². The Hall–Kier alpha value is -0.370. The van der Waals surface area contributed by atoms with Crippen molar-refractivity contribution in [3.8, 4) is 0 Å². The van der Waals surface area contributed by atoms with Gasteiger partial charge in [-0.2, -0.15) is 0 Å². The number of carbonyl (C=O) groups is 1. The molecule has 12 heavy (non-hydrogen) atoms. The van der Waals surface area contributed by atoms with Crippen LogP contribution in [0.2, 0.25) is 0 Å². The first-order valence-corrected chi connectivity index (χ1v) is 5.08. The lowest BCUT2D eigenvalue weighted by molar-refractivity contribution is -0.127. The highest BCUT2D eigenvalue weighted by atomic mass is 16.1. The van der Waals surface area contributed by atoms with Gasteiger partial charge in [0.25, 0.3) is 0 Å². The van der Waals surface area contributed by atoms with Crippen LogP contribution in [-0.2, 0) is 4.79 Å². The Bertz CT molecular complexity index is 174. The number of nitrogens with zero attached hydrogens (tertiary/aromatic N) is 1. The monoisotopic (exact) mass is 167 g/mol. The second-order valence-corrected chi connectivity index (χ2v) is 4.02. The minimum atomic E-state index is 0.495. The first-order valence-electron chi connectivity index (χ1n) is 5.08. The maximum Gasteiger partial charge on any atom is 0.136 e. The highest BCUT2D eigenvalue weighted by Gasteiger charge is 2.36. The van der Waals surface area contributed by atoms with Crippen molar-refractivity contribution in [3.05, 3.63) is 0 Å². The van der Waals surface area contributed by atoms with E-state index in [1.807, 2.05) is 0 Å². The number of fused-ring (bicyclic) bond motifs is 2. The average Bonchev–Trinajstić information content (AvgIpc) is 2.02. The molecule has 0 aromatic heterocycles. The van der Waals surface area contributed by atoms with E-state index in [1.165, 1.54) is 19.3 Å². The molecule has 0 N–H and O–H groups in total. The smallest absolute Gasteiger partial charge is 0.136 e. The molecule has 0 amide bonds. The molecule has 2 bridgehead atoms. The maximum atomic E-state index is 11.3. The number of hydrogen-bond donors (Lipinski definition) is 0. The first-order chi connectivity index (χ1) is 5.81. The zero-order valence-corrected chi connectivity index (χ0v) is 7.75. The van der Waals surface area contributed by atoms with Gasteiger partial charge in [0.15, 0.2) is 0 Å². The molecule has 2 heterocycles. The molecule has 2 atom stereocenters. The Morgan fingerprint density at radius 3 is 2.42 bits per heavy atom. The molecule has 0 aliphatic carbocycles. The molecule has 0 aromatic carbocycles. The molecule has 0 unspecified atom stereocenters. The zero-order valence-electron chi connectivity index (χ0n) is 7.75. The first kappa shape index (κ1) is 8.24. The van der Waals surface area contributed by atoms with Crippen LogP contribution in [-0.4, -0.2) is 29.3 Å². The molecule has 2 fully saturated rings. The third-order valence-corrected chi connectivity index (χ3v) is 3.30. The van der Waals surface area contributed by atoms with E-state index in [2.05, 4.69) is 11.8 Å². The second kappa shape index (κ2) is 3.17. The van der Waals surface area contributed by atoms with Gasteiger partial charge in [-0.1, -0.05) is 13.3 Å². The molecule has 0 aromatic rings. The summed E-state index contributed by atoms with van der Waals surface area (Å²) in [6.45, 7) is 3.34. The van der Waals surface area contributed by atoms with Gasteiger partial charge in [0.1, 0.15) is 5.78 Å². The van der Waals surface area contributed by atoms with Gasteiger partial charge in [-0.3, -0.25) is 9.69 Å². The van der Waals surface area contributed by atoms with Crippen molar-refractivity contribution in [3.63, 3.8) is 0 Å². The van der Waals surface area contributed by atoms with Crippen molar-refractivity contribution in [1.29, 1.82) is 0 Å². The van der Waals surface area contributed by atoms with Gasteiger partial charge in [-0.15, -0.1) is 0 Å². The summed E-state index contributed by atoms with van der Waals surface area (Å²) in [7, 11) is 0. The van der Waals surface area contributed by atoms with Crippen LogP contribution in [0.15, 0.2) is 0 Å². The van der Waals surface area contributed by atoms with E-state index >= 15 is 0 Å². The highest BCUT2D eigenvalue weighted by Crippen LogP contribution is 2.31. The summed E-state index contributed by atoms with van der Waals surface area (Å²) < 4.78 is 0. The summed E-state index contributed by atoms with van der Waals surface area (Å²) in [6, 6.07) is 1.19. The van der Waals surface area contributed by atoms with E-state index < -0.39 is 0 Å². The Morgan fingerprint density at radius 1 is 1.33 bits per heavy atom. The number of ketones is 1. The Morgan fingerprint density at radius 2 is 1.92 bits per heavy atom. The Balaban J connectivity index is 2.11. The van der Waals surface area contributed by atoms with Crippen molar-refractivity contribution in [2.45, 2.75) is 51.1 Å². The summed E-state index contributed by atoms with van der Waals surface area (Å²) in [5.74, 6) is 0.495. The van der Waals surface area contributed by atoms with Crippen molar-refractivity contribution in [2.75, 3.05) is 6.54 Å². The summed E-state index contributed by atoms with van der Waals surface area (Å²) in [5, 5.41) is 0. The van der Waals surface area contributed by atoms with Gasteiger partial charge in [0.2, 0.25) is 0 Å². The van der Waals surface area contributed by atoms with Gasteiger partial charge >= 0.3 is 0 Å². The standard InChI is InChI=1S/C10H17NO/c1-2-11-8-4-3-5-9(11)7-10(12)6-8/h8-9H,2-7H2,1H3/t8-,9-/m0/s1. The summed E-state index contributed by atoms with van der Waals surface area (Å²) in [6.07, 6.45) is 5.47. The van der Waals surface area contributed by atoms with Crippen LogP contribution in [0.1, 0.15) is 39.0 Å². The Labute approximate surface area is 73.9 Å². The van der Waals surface area contributed by atoms with Crippen molar-refractivity contribution in [1.82, 2.24) is 4.90 Å². The SMILES string of the molecule is CCN1[C@H]2CCC[C@H]1CC(=O)C2. The van der Waals surface area contributed by atoms with Crippen LogP contribution in [0.4, 0.5) is 0 Å². The molecule has 0 spiro atoms. The second-order valence-electron chi connectivity index (χ2n) is 4.02. The van der Waals surface area contributed by atoms with Gasteiger partial charge < -0.3 is 0 Å². The van der Waals surface area contributed by atoms with E-state index in [4.69, 9.17) is 0 Å². The van der Waals surface area contributed by atoms with Crippen LogP contribution >= 0.6 is 0 Å². The molecule has 0 saturated carbocycles. The van der Waals surface area contributed by atoms with Crippen LogP contribution in [0.3, 0.4) is 0 Å². The third kappa shape index (κ3) is 1.28. The summed E-state index contributed by atoms with van der Waals surface area (Å²) in [5.41, 5.74) is 0. The predicted octanol–water partition coefficient (Wildman–Crippen LogP) is 1.59. The summed E-state index contributed by atoms with van der Waals surface area (Å²) in [4.78, 5) is 13.8. The minimum absolute atomic E-state index is 0.495. The topological polar surface area (TPSA) is 20.3 Å². The normalized spacial score (nSPS) is 36.9. The number of hydrogen-bond acceptors (Lipinski definition) is 2. The molecule has 0 radical (unpaired) electrons. The molecule has 2 saturated heterocycles. The van der Waals surface area contributed by atoms with E-state index in [9.17, 15) is 4.79 Å². The maximum absolute atomic E-state index is 11.3. The molecule has 2 aliphatic rings. The highest BCUT2D eigenvalue weighted by molar-refractivity contribution is 5.80. The fourth-order valence-electron chi connectivity index (χ4n) is 2.78. The van der Waals surface area contributed by atoms with E-state index in [-0.39, 0.29) is 0 Å². The Kier molecular flexibility index (Phi) is 2.18. The average molecular weight is 167 g/mol. The van der Waals surface area contributed by atoms with Crippen molar-refractivity contribution >= 4 is 5.78 Å². The number of Topliss-reactive ketones (excluding diaryl/α,β-unsaturated/α-hetero) is 1. The lowest BCUT2D eigenvalue weighted by Gasteiger charge is -2.44. The molecule has 68 valence electrons. The van der Waals surface area contributed by atoms with Crippen molar-refractivity contribution < 1.29 is 4.79 Å². The zero-order chi connectivity index (χ0) is 8.55. The summed E-state index contributed by atoms with van der Waals surface area (Å²) >= 11 is 0. The molecular weight excluding hydrogens is 150 g/mol. The molecule has 2 rings (SSSR count). The van der Waals surface area contributed by atoms with Gasteiger partial charge in [-0.05, 0) is 19.4 Å². The largest absolute Gasteiger partial charge is 0.300 e. The van der Waals surface area contributed by atoms with Crippen molar-refractivity contribution in [2.24, 2.45) is 0 Å². The van der Waals surface area contributed by atoms with Crippen LogP contribution in [0.5, 0.6) is 0 Å². The lowest BCUT2D eigenvalue weighted by Crippen LogP contribution is -2.51. The molecule has 2 aliphatic heterocycles. The minimum Gasteiger partial charge on any atom is -0.300 e. The fraction of sp³-hybridized carbons (Fsp3) is 0.900. The van der Waals surface area contributed by atoms with E-state index in [0.29, 0.717) is 17.9 Å². The van der Waals surface area contributed by atoms with Crippen LogP contribution in [0, 0.1) is 0 Å². The number of rotatable bonds is 1. The molecule has 2 nitrogen and oxygen atoms in total. The number of carbonyl (C=O) groups excluding carboxylic acids is 1. The van der Waals surface area contributed by atoms with E-state index in [0.717, 1.165) is 19.4 Å². The third-order valence-electron chi connectivity index (χ3n) is 3.30. The lowest BCUT2D eigenvalue weighted by atomic mass is 9.84. The van der Waals surface area contributed by atoms with Crippen LogP contribution in [0.25, 0.3) is 0 Å². The quantitative estimate of drug-likeness (QED) is 0.591. The van der Waals surface area contributed by atoms with Gasteiger partial charge in [-0.25, -0.2) is 0 Å². The fourth-order valence-corrected chi connectivity index (χ4v) is 2.78. The predicted molar refractivity (Wildman–Crippen MR) is 48.0 cm³/mol. The van der Waals surface area contributed by atoms with Crippen LogP contribution < -0.4 is 0 Å². The molecule has 2 heteroatoms. The molecular formula is C10H17NO. The van der Waals surface area contributed by atoms with Gasteiger partial charge in [0.05, 0.1) is 0 Å². The van der Waals surface area contributed by atoms with E-state index in [1.54, 1.807) is 0 Å². The number of piperidine rings is 2.